The summed E-state index contributed by atoms with van der Waals surface area (Å²) in [6.45, 7) is 3.99. The first-order valence-corrected chi connectivity index (χ1v) is 5.70. The Morgan fingerprint density at radius 2 is 2.28 bits per heavy atom. The Hall–Kier alpha value is -2.24. The van der Waals surface area contributed by atoms with Gasteiger partial charge < -0.3 is 9.26 Å². The van der Waals surface area contributed by atoms with Gasteiger partial charge in [0.15, 0.2) is 0 Å². The molecular weight excluding hydrogens is 234 g/mol. The van der Waals surface area contributed by atoms with Crippen molar-refractivity contribution in [3.05, 3.63) is 29.9 Å². The molecule has 18 heavy (non-hydrogen) atoms. The molecule has 2 rings (SSSR count). The van der Waals surface area contributed by atoms with Crippen LogP contribution in [0.2, 0.25) is 0 Å². The first kappa shape index (κ1) is 12.2. The van der Waals surface area contributed by atoms with Gasteiger partial charge in [-0.1, -0.05) is 12.1 Å². The van der Waals surface area contributed by atoms with E-state index in [1.807, 2.05) is 6.92 Å². The molecule has 0 bridgehead atoms. The van der Waals surface area contributed by atoms with Gasteiger partial charge >= 0.3 is 11.9 Å². The van der Waals surface area contributed by atoms with E-state index in [-0.39, 0.29) is 12.5 Å². The molecule has 0 aliphatic heterocycles. The summed E-state index contributed by atoms with van der Waals surface area (Å²) in [5, 5.41) is 3.78. The van der Waals surface area contributed by atoms with Crippen LogP contribution in [0.5, 0.6) is 0 Å². The van der Waals surface area contributed by atoms with Gasteiger partial charge in [-0.2, -0.15) is 4.98 Å². The Labute approximate surface area is 104 Å². The molecule has 0 aliphatic rings. The summed E-state index contributed by atoms with van der Waals surface area (Å²) in [4.78, 5) is 19.5. The Balaban J connectivity index is 2.32. The van der Waals surface area contributed by atoms with Crippen LogP contribution in [0.1, 0.15) is 30.1 Å². The van der Waals surface area contributed by atoms with Crippen LogP contribution in [0.4, 0.5) is 0 Å². The fourth-order valence-corrected chi connectivity index (χ4v) is 1.54. The van der Waals surface area contributed by atoms with Crippen LogP contribution in [0.3, 0.4) is 0 Å². The van der Waals surface area contributed by atoms with Crippen LogP contribution in [0.25, 0.3) is 11.4 Å². The minimum Gasteiger partial charge on any atom is -0.459 e. The summed E-state index contributed by atoms with van der Waals surface area (Å²) in [6.07, 6.45) is 4.19. The second-order valence-corrected chi connectivity index (χ2v) is 3.53. The highest BCUT2D eigenvalue weighted by Gasteiger charge is 2.18. The van der Waals surface area contributed by atoms with E-state index in [2.05, 4.69) is 15.1 Å². The minimum atomic E-state index is -0.608. The zero-order chi connectivity index (χ0) is 13.0. The van der Waals surface area contributed by atoms with E-state index in [1.54, 1.807) is 25.4 Å². The van der Waals surface area contributed by atoms with E-state index in [1.165, 1.54) is 0 Å². The number of ether oxygens (including phenoxy) is 1. The third-order valence-electron chi connectivity index (χ3n) is 2.40. The average molecular weight is 247 g/mol. The van der Waals surface area contributed by atoms with Gasteiger partial charge in [0.05, 0.1) is 6.61 Å². The number of carbonyl (C=O) groups excluding carboxylic acids is 1. The van der Waals surface area contributed by atoms with Gasteiger partial charge in [-0.15, -0.1) is 0 Å². The van der Waals surface area contributed by atoms with E-state index in [0.717, 1.165) is 17.5 Å². The van der Waals surface area contributed by atoms with E-state index < -0.39 is 5.97 Å². The lowest BCUT2D eigenvalue weighted by Crippen LogP contribution is -2.04. The fraction of sp³-hybridized carbons (Fsp3) is 0.333. The first-order valence-electron chi connectivity index (χ1n) is 5.70. The van der Waals surface area contributed by atoms with Gasteiger partial charge in [0, 0.05) is 18.0 Å². The lowest BCUT2D eigenvalue weighted by Gasteiger charge is -2.00. The van der Waals surface area contributed by atoms with Gasteiger partial charge in [-0.25, -0.2) is 4.79 Å². The SMILES string of the molecule is CCOC(=O)c1nc(-c2ccncc2CC)no1. The van der Waals surface area contributed by atoms with Crippen molar-refractivity contribution in [2.24, 2.45) is 0 Å². The maximum Gasteiger partial charge on any atom is 0.397 e. The number of hydrogen-bond acceptors (Lipinski definition) is 6. The second-order valence-electron chi connectivity index (χ2n) is 3.53. The summed E-state index contributed by atoms with van der Waals surface area (Å²) < 4.78 is 9.66. The van der Waals surface area contributed by atoms with Crippen molar-refractivity contribution in [3.8, 4) is 11.4 Å². The van der Waals surface area contributed by atoms with E-state index in [4.69, 9.17) is 9.26 Å². The van der Waals surface area contributed by atoms with Gasteiger partial charge in [-0.05, 0) is 25.0 Å². The highest BCUT2D eigenvalue weighted by molar-refractivity contribution is 5.84. The Morgan fingerprint density at radius 3 is 3.00 bits per heavy atom. The fourth-order valence-electron chi connectivity index (χ4n) is 1.54. The molecule has 2 heterocycles. The first-order chi connectivity index (χ1) is 8.76. The summed E-state index contributed by atoms with van der Waals surface area (Å²) in [6, 6.07) is 1.79. The quantitative estimate of drug-likeness (QED) is 0.767. The predicted molar refractivity (Wildman–Crippen MR) is 62.9 cm³/mol. The highest BCUT2D eigenvalue weighted by atomic mass is 16.6. The van der Waals surface area contributed by atoms with Gasteiger partial charge in [0.1, 0.15) is 0 Å². The standard InChI is InChI=1S/C12H13N3O3/c1-3-8-7-13-6-5-9(8)10-14-11(18-15-10)12(16)17-4-2/h5-7H,3-4H2,1-2H3. The lowest BCUT2D eigenvalue weighted by molar-refractivity contribution is 0.0470. The monoisotopic (exact) mass is 247 g/mol. The summed E-state index contributed by atoms with van der Waals surface area (Å²) in [5.41, 5.74) is 1.81. The number of nitrogens with zero attached hydrogens (tertiary/aromatic N) is 3. The molecule has 0 saturated carbocycles. The number of aromatic nitrogens is 3. The van der Waals surface area contributed by atoms with E-state index in [9.17, 15) is 4.79 Å². The summed E-state index contributed by atoms with van der Waals surface area (Å²) >= 11 is 0. The number of carbonyl (C=O) groups is 1. The maximum atomic E-state index is 11.4. The minimum absolute atomic E-state index is 0.134. The Morgan fingerprint density at radius 1 is 1.44 bits per heavy atom. The largest absolute Gasteiger partial charge is 0.459 e. The van der Waals surface area contributed by atoms with Crippen LogP contribution >= 0.6 is 0 Å². The van der Waals surface area contributed by atoms with E-state index >= 15 is 0 Å². The Bertz CT molecular complexity index is 551. The third-order valence-corrected chi connectivity index (χ3v) is 2.40. The zero-order valence-electron chi connectivity index (χ0n) is 10.2. The van der Waals surface area contributed by atoms with Gasteiger partial charge in [0.25, 0.3) is 0 Å². The molecule has 0 aromatic carbocycles. The van der Waals surface area contributed by atoms with Crippen LogP contribution in [0.15, 0.2) is 23.0 Å². The normalized spacial score (nSPS) is 10.3. The third kappa shape index (κ3) is 2.37. The van der Waals surface area contributed by atoms with Crippen LogP contribution in [-0.2, 0) is 11.2 Å². The molecule has 0 radical (unpaired) electrons. The lowest BCUT2D eigenvalue weighted by atomic mass is 10.1. The van der Waals surface area contributed by atoms with E-state index in [0.29, 0.717) is 5.82 Å². The molecule has 6 nitrogen and oxygen atoms in total. The average Bonchev–Trinajstić information content (AvgIpc) is 2.88. The van der Waals surface area contributed by atoms with Crippen molar-refractivity contribution in [1.29, 1.82) is 0 Å². The smallest absolute Gasteiger partial charge is 0.397 e. The summed E-state index contributed by atoms with van der Waals surface area (Å²) in [5.74, 6) is -0.369. The van der Waals surface area contributed by atoms with Crippen LogP contribution < -0.4 is 0 Å². The topological polar surface area (TPSA) is 78.1 Å². The molecule has 2 aromatic rings. The van der Waals surface area contributed by atoms with Crippen LogP contribution in [-0.4, -0.2) is 27.7 Å². The van der Waals surface area contributed by atoms with Crippen molar-refractivity contribution in [1.82, 2.24) is 15.1 Å². The summed E-state index contributed by atoms with van der Waals surface area (Å²) in [7, 11) is 0. The van der Waals surface area contributed by atoms with Crippen LogP contribution in [0, 0.1) is 0 Å². The zero-order valence-corrected chi connectivity index (χ0v) is 10.2. The number of rotatable bonds is 4. The van der Waals surface area contributed by atoms with Crippen molar-refractivity contribution in [2.75, 3.05) is 6.61 Å². The number of hydrogen-bond donors (Lipinski definition) is 0. The predicted octanol–water partition coefficient (Wildman–Crippen LogP) is 1.87. The molecule has 0 unspecified atom stereocenters. The number of esters is 1. The Kier molecular flexibility index (Phi) is 3.66. The van der Waals surface area contributed by atoms with Crippen molar-refractivity contribution >= 4 is 5.97 Å². The molecule has 0 fully saturated rings. The second kappa shape index (κ2) is 5.39. The van der Waals surface area contributed by atoms with Crippen molar-refractivity contribution < 1.29 is 14.1 Å². The molecule has 2 aromatic heterocycles. The number of aryl methyl sites for hydroxylation is 1. The molecule has 0 spiro atoms. The maximum absolute atomic E-state index is 11.4. The van der Waals surface area contributed by atoms with Gasteiger partial charge in [-0.3, -0.25) is 4.98 Å². The molecule has 0 amide bonds. The van der Waals surface area contributed by atoms with Gasteiger partial charge in [0.2, 0.25) is 5.82 Å². The molecule has 0 N–H and O–H groups in total. The highest BCUT2D eigenvalue weighted by Crippen LogP contribution is 2.20. The molecule has 0 aliphatic carbocycles. The van der Waals surface area contributed by atoms with Crippen molar-refractivity contribution in [2.45, 2.75) is 20.3 Å². The molecular formula is C12H13N3O3. The molecule has 0 atom stereocenters. The molecule has 0 saturated heterocycles. The molecule has 6 heteroatoms. The van der Waals surface area contributed by atoms with Crippen molar-refractivity contribution in [3.63, 3.8) is 0 Å². The molecule has 94 valence electrons. The number of pyridine rings is 1.